The van der Waals surface area contributed by atoms with Crippen LogP contribution in [0.1, 0.15) is 26.3 Å². The molecule has 0 heterocycles. The van der Waals surface area contributed by atoms with Gasteiger partial charge in [-0.05, 0) is 18.6 Å². The lowest BCUT2D eigenvalue weighted by Crippen LogP contribution is -1.95. The van der Waals surface area contributed by atoms with Crippen LogP contribution in [0.4, 0.5) is 0 Å². The van der Waals surface area contributed by atoms with Crippen molar-refractivity contribution in [2.24, 2.45) is 0 Å². The molecule has 1 aromatic carbocycles. The summed E-state index contributed by atoms with van der Waals surface area (Å²) in [4.78, 5) is 0.968. The second-order valence-electron chi connectivity index (χ2n) is 2.40. The summed E-state index contributed by atoms with van der Waals surface area (Å²) in [7, 11) is -0.802. The molecule has 0 N–H and O–H groups in total. The van der Waals surface area contributed by atoms with Gasteiger partial charge in [0.2, 0.25) is 0 Å². The summed E-state index contributed by atoms with van der Waals surface area (Å²) in [5.74, 6) is 0.699. The molecule has 2 heteroatoms. The summed E-state index contributed by atoms with van der Waals surface area (Å²) in [5, 5.41) is 0. The first-order valence-corrected chi connectivity index (χ1v) is 6.01. The van der Waals surface area contributed by atoms with E-state index >= 15 is 0 Å². The van der Waals surface area contributed by atoms with Gasteiger partial charge in [-0.15, -0.1) is 0 Å². The smallest absolute Gasteiger partial charge is 0.0529 e. The number of benzene rings is 1. The van der Waals surface area contributed by atoms with Gasteiger partial charge in [-0.1, -0.05) is 39.0 Å². The molecule has 0 aliphatic carbocycles. The summed E-state index contributed by atoms with van der Waals surface area (Å²) in [6.45, 7) is 7.92. The molecule has 0 aliphatic rings. The van der Waals surface area contributed by atoms with Crippen LogP contribution in [0.2, 0.25) is 0 Å². The quantitative estimate of drug-likeness (QED) is 0.713. The first-order chi connectivity index (χ1) is 6.25. The van der Waals surface area contributed by atoms with E-state index in [4.69, 9.17) is 0 Å². The fraction of sp³-hybridized carbons (Fsp3) is 0.455. The topological polar surface area (TPSA) is 17.1 Å². The van der Waals surface area contributed by atoms with Crippen molar-refractivity contribution in [3.63, 3.8) is 0 Å². The third-order valence-electron chi connectivity index (χ3n) is 1.60. The molecular formula is C11H18OS. The average Bonchev–Trinajstić information content (AvgIpc) is 2.20. The summed E-state index contributed by atoms with van der Waals surface area (Å²) in [6, 6.07) is 7.80. The highest BCUT2D eigenvalue weighted by Crippen LogP contribution is 2.11. The van der Waals surface area contributed by atoms with Crippen molar-refractivity contribution in [2.45, 2.75) is 32.6 Å². The van der Waals surface area contributed by atoms with Crippen molar-refractivity contribution in [3.05, 3.63) is 29.8 Å². The van der Waals surface area contributed by atoms with Crippen LogP contribution in [-0.2, 0) is 10.8 Å². The minimum Gasteiger partial charge on any atom is -0.254 e. The Morgan fingerprint density at radius 1 is 1.23 bits per heavy atom. The van der Waals surface area contributed by atoms with Crippen molar-refractivity contribution in [1.29, 1.82) is 0 Å². The van der Waals surface area contributed by atoms with Gasteiger partial charge in [-0.2, -0.15) is 0 Å². The number of hydrogen-bond acceptors (Lipinski definition) is 1. The zero-order chi connectivity index (χ0) is 10.3. The van der Waals surface area contributed by atoms with Crippen molar-refractivity contribution in [1.82, 2.24) is 0 Å². The maximum Gasteiger partial charge on any atom is 0.0529 e. The van der Waals surface area contributed by atoms with Crippen LogP contribution in [0.15, 0.2) is 29.2 Å². The first-order valence-electron chi connectivity index (χ1n) is 4.69. The third kappa shape index (κ3) is 3.73. The Morgan fingerprint density at radius 2 is 1.77 bits per heavy atom. The lowest BCUT2D eigenvalue weighted by molar-refractivity contribution is 0.683. The van der Waals surface area contributed by atoms with Crippen LogP contribution in [0.3, 0.4) is 0 Å². The molecule has 0 fully saturated rings. The zero-order valence-electron chi connectivity index (χ0n) is 8.83. The zero-order valence-corrected chi connectivity index (χ0v) is 9.65. The van der Waals surface area contributed by atoms with Gasteiger partial charge >= 0.3 is 0 Å². The molecule has 0 aromatic heterocycles. The Kier molecular flexibility index (Phi) is 6.51. The minimum atomic E-state index is -0.802. The van der Waals surface area contributed by atoms with Gasteiger partial charge in [0.05, 0.1) is 10.8 Å². The normalized spacial score (nSPS) is 11.4. The van der Waals surface area contributed by atoms with E-state index in [1.54, 1.807) is 0 Å². The molecule has 1 aromatic rings. The molecule has 1 atom stereocenters. The molecule has 13 heavy (non-hydrogen) atoms. The lowest BCUT2D eigenvalue weighted by atomic mass is 10.2. The highest BCUT2D eigenvalue weighted by atomic mass is 32.2. The fourth-order valence-electron chi connectivity index (χ4n) is 0.967. The molecule has 0 saturated carbocycles. The van der Waals surface area contributed by atoms with Gasteiger partial charge in [0.15, 0.2) is 0 Å². The average molecular weight is 198 g/mol. The maximum absolute atomic E-state index is 11.3. The van der Waals surface area contributed by atoms with Crippen LogP contribution in [0.25, 0.3) is 0 Å². The van der Waals surface area contributed by atoms with Crippen LogP contribution in [-0.4, -0.2) is 9.96 Å². The van der Waals surface area contributed by atoms with E-state index in [1.165, 1.54) is 0 Å². The highest BCUT2D eigenvalue weighted by Gasteiger charge is 2.01. The fourth-order valence-corrected chi connectivity index (χ4v) is 1.94. The predicted octanol–water partition coefficient (Wildman–Crippen LogP) is 3.15. The summed E-state index contributed by atoms with van der Waals surface area (Å²) < 4.78 is 11.3. The van der Waals surface area contributed by atoms with Crippen LogP contribution >= 0.6 is 0 Å². The molecule has 1 unspecified atom stereocenters. The molecular weight excluding hydrogens is 180 g/mol. The van der Waals surface area contributed by atoms with E-state index in [9.17, 15) is 4.21 Å². The summed E-state index contributed by atoms with van der Waals surface area (Å²) in [5.41, 5.74) is 1.12. The van der Waals surface area contributed by atoms with Gasteiger partial charge in [0, 0.05) is 10.6 Å². The molecule has 0 aliphatic heterocycles. The van der Waals surface area contributed by atoms with Crippen LogP contribution in [0, 0.1) is 6.92 Å². The SMILES string of the molecule is CC.CCS(=O)c1ccccc1C. The number of rotatable bonds is 2. The standard InChI is InChI=1S/C9H12OS.C2H6/c1-3-11(10)9-7-5-4-6-8(9)2;1-2/h4-7H,3H2,1-2H3;1-2H3. The van der Waals surface area contributed by atoms with E-state index in [1.807, 2.05) is 52.0 Å². The van der Waals surface area contributed by atoms with Crippen LogP contribution < -0.4 is 0 Å². The van der Waals surface area contributed by atoms with Gasteiger partial charge in [0.25, 0.3) is 0 Å². The summed E-state index contributed by atoms with van der Waals surface area (Å²) >= 11 is 0. The number of aryl methyl sites for hydroxylation is 1. The van der Waals surface area contributed by atoms with E-state index < -0.39 is 10.8 Å². The Balaban J connectivity index is 0.000000671. The molecule has 1 nitrogen and oxygen atoms in total. The van der Waals surface area contributed by atoms with Gasteiger partial charge in [-0.3, -0.25) is 4.21 Å². The molecule has 0 spiro atoms. The maximum atomic E-state index is 11.3. The second kappa shape index (κ2) is 6.84. The van der Waals surface area contributed by atoms with Crippen molar-refractivity contribution >= 4 is 10.8 Å². The van der Waals surface area contributed by atoms with Crippen LogP contribution in [0.5, 0.6) is 0 Å². The van der Waals surface area contributed by atoms with E-state index in [2.05, 4.69) is 0 Å². The third-order valence-corrected chi connectivity index (χ3v) is 3.07. The molecule has 0 saturated heterocycles. The molecule has 0 amide bonds. The molecule has 0 bridgehead atoms. The Bertz CT molecular complexity index is 269. The predicted molar refractivity (Wildman–Crippen MR) is 59.5 cm³/mol. The van der Waals surface area contributed by atoms with Gasteiger partial charge < -0.3 is 0 Å². The Labute approximate surface area is 83.6 Å². The van der Waals surface area contributed by atoms with Gasteiger partial charge in [-0.25, -0.2) is 0 Å². The van der Waals surface area contributed by atoms with E-state index in [0.29, 0.717) is 5.75 Å². The van der Waals surface area contributed by atoms with E-state index in [0.717, 1.165) is 10.5 Å². The van der Waals surface area contributed by atoms with Crippen molar-refractivity contribution in [3.8, 4) is 0 Å². The second-order valence-corrected chi connectivity index (χ2v) is 4.11. The monoisotopic (exact) mass is 198 g/mol. The first kappa shape index (κ1) is 12.4. The minimum absolute atomic E-state index is 0.699. The highest BCUT2D eigenvalue weighted by molar-refractivity contribution is 7.85. The van der Waals surface area contributed by atoms with Crippen molar-refractivity contribution < 1.29 is 4.21 Å². The molecule has 1 rings (SSSR count). The Hall–Kier alpha value is -0.630. The molecule has 0 radical (unpaired) electrons. The summed E-state index contributed by atoms with van der Waals surface area (Å²) in [6.07, 6.45) is 0. The lowest BCUT2D eigenvalue weighted by Gasteiger charge is -2.01. The molecule has 74 valence electrons. The van der Waals surface area contributed by atoms with Gasteiger partial charge in [0.1, 0.15) is 0 Å². The van der Waals surface area contributed by atoms with Crippen molar-refractivity contribution in [2.75, 3.05) is 5.75 Å². The Morgan fingerprint density at radius 3 is 2.23 bits per heavy atom. The van der Waals surface area contributed by atoms with E-state index in [-0.39, 0.29) is 0 Å². The largest absolute Gasteiger partial charge is 0.254 e. The number of hydrogen-bond donors (Lipinski definition) is 0.